The molecule has 2 aliphatic heterocycles. The third-order valence-electron chi connectivity index (χ3n) is 4.69. The average Bonchev–Trinajstić information content (AvgIpc) is 3.25. The summed E-state index contributed by atoms with van der Waals surface area (Å²) in [4.78, 5) is 55.6. The molecular weight excluding hydrogens is 470 g/mol. The van der Waals surface area contributed by atoms with E-state index in [-0.39, 0.29) is 22.2 Å². The summed E-state index contributed by atoms with van der Waals surface area (Å²) >= 11 is 2.46. The van der Waals surface area contributed by atoms with Crippen molar-refractivity contribution in [3.8, 4) is 0 Å². The Bertz CT molecular complexity index is 1190. The Kier molecular flexibility index (Phi) is 6.37. The van der Waals surface area contributed by atoms with Crippen LogP contribution >= 0.6 is 23.1 Å². The maximum Gasteiger partial charge on any atom is 0.352 e. The van der Waals surface area contributed by atoms with Crippen LogP contribution in [-0.4, -0.2) is 72.7 Å². The summed E-state index contributed by atoms with van der Waals surface area (Å²) in [5.74, 6) is -2.15. The Morgan fingerprint density at radius 2 is 2.21 bits per heavy atom. The van der Waals surface area contributed by atoms with Crippen LogP contribution in [0, 0.1) is 0 Å². The fourth-order valence-corrected chi connectivity index (χ4v) is 5.12. The van der Waals surface area contributed by atoms with Gasteiger partial charge in [-0.2, -0.15) is 0 Å². The molecule has 14 heteroatoms. The van der Waals surface area contributed by atoms with Crippen LogP contribution in [0.5, 0.6) is 0 Å². The number of carboxylic acids is 1. The van der Waals surface area contributed by atoms with Gasteiger partial charge in [-0.15, -0.1) is 23.1 Å². The zero-order valence-corrected chi connectivity index (χ0v) is 18.7. The first-order chi connectivity index (χ1) is 15.9. The van der Waals surface area contributed by atoms with Crippen molar-refractivity contribution in [3.05, 3.63) is 52.7 Å². The lowest BCUT2D eigenvalue weighted by Crippen LogP contribution is -2.71. The summed E-state index contributed by atoms with van der Waals surface area (Å²) in [6, 6.07) is -0.930. The number of fused-ring (bicyclic) bond motifs is 1. The van der Waals surface area contributed by atoms with Crippen LogP contribution in [0.3, 0.4) is 0 Å². The van der Waals surface area contributed by atoms with E-state index in [2.05, 4.69) is 25.4 Å². The smallest absolute Gasteiger partial charge is 0.352 e. The van der Waals surface area contributed by atoms with Crippen LogP contribution in [0.4, 0.5) is 5.13 Å². The zero-order chi connectivity index (χ0) is 23.5. The number of nitrogens with zero attached hydrogens (tertiary/aromatic N) is 5. The number of amides is 2. The number of oxime groups is 1. The highest BCUT2D eigenvalue weighted by Crippen LogP contribution is 2.40. The molecule has 0 saturated carbocycles. The number of carbonyl (C=O) groups excluding carboxylic acids is 2. The van der Waals surface area contributed by atoms with Gasteiger partial charge >= 0.3 is 5.97 Å². The standard InChI is InChI=1S/C19H17N7O5S2/c1-31-25-12(11-8-33-19(20)23-11)15(27)24-13-16(28)26-14(18(29)30)9(7-32-17(13)26)2-3-10-6-21-4-5-22-10/h2-6,8,13,17H,7H2,1H3,(H2,20,23)(H,24,27)(H,29,30)/b3-2+,25-12-/t13-,17-/m1/s1. The van der Waals surface area contributed by atoms with E-state index in [1.54, 1.807) is 12.2 Å². The number of allylic oxidation sites excluding steroid dienone is 1. The second-order valence-corrected chi connectivity index (χ2v) is 8.69. The number of aliphatic carboxylic acids is 1. The van der Waals surface area contributed by atoms with Crippen molar-refractivity contribution in [2.75, 3.05) is 18.6 Å². The van der Waals surface area contributed by atoms with Crippen LogP contribution in [0.25, 0.3) is 6.08 Å². The predicted octanol–water partition coefficient (Wildman–Crippen LogP) is 0.318. The Balaban J connectivity index is 1.53. The lowest BCUT2D eigenvalue weighted by Gasteiger charge is -2.49. The summed E-state index contributed by atoms with van der Waals surface area (Å²) in [6.07, 6.45) is 7.81. The number of rotatable bonds is 7. The minimum absolute atomic E-state index is 0.132. The summed E-state index contributed by atoms with van der Waals surface area (Å²) in [7, 11) is 1.27. The molecule has 1 fully saturated rings. The number of carbonyl (C=O) groups is 3. The largest absolute Gasteiger partial charge is 0.477 e. The van der Waals surface area contributed by atoms with Crippen molar-refractivity contribution in [2.45, 2.75) is 11.4 Å². The Labute approximate surface area is 195 Å². The van der Waals surface area contributed by atoms with E-state index in [0.717, 1.165) is 11.3 Å². The zero-order valence-electron chi connectivity index (χ0n) is 17.0. The van der Waals surface area contributed by atoms with Gasteiger partial charge in [-0.1, -0.05) is 11.2 Å². The van der Waals surface area contributed by atoms with Crippen LogP contribution in [-0.2, 0) is 19.2 Å². The first kappa shape index (κ1) is 22.4. The van der Waals surface area contributed by atoms with Gasteiger partial charge < -0.3 is 21.0 Å². The number of hydrogen-bond donors (Lipinski definition) is 3. The molecule has 4 N–H and O–H groups in total. The van der Waals surface area contributed by atoms with Crippen molar-refractivity contribution in [1.82, 2.24) is 25.2 Å². The fraction of sp³-hybridized carbons (Fsp3) is 0.211. The monoisotopic (exact) mass is 487 g/mol. The SMILES string of the molecule is CO/N=C(\C(=O)N[C@@H]1C(=O)N2C(C(=O)O)=C(/C=C/c3cnccn3)CS[C@H]12)c1csc(N)n1. The molecule has 2 amide bonds. The molecule has 4 heterocycles. The van der Waals surface area contributed by atoms with Crippen LogP contribution in [0.15, 0.2) is 46.5 Å². The number of thiazole rings is 1. The molecule has 170 valence electrons. The minimum Gasteiger partial charge on any atom is -0.477 e. The summed E-state index contributed by atoms with van der Waals surface area (Å²) < 4.78 is 0. The highest BCUT2D eigenvalue weighted by molar-refractivity contribution is 8.00. The number of anilines is 1. The summed E-state index contributed by atoms with van der Waals surface area (Å²) in [6.45, 7) is 0. The van der Waals surface area contributed by atoms with E-state index in [4.69, 9.17) is 10.6 Å². The molecule has 12 nitrogen and oxygen atoms in total. The topological polar surface area (TPSA) is 173 Å². The van der Waals surface area contributed by atoms with Gasteiger partial charge in [0.25, 0.3) is 11.8 Å². The molecule has 0 unspecified atom stereocenters. The third-order valence-corrected chi connectivity index (χ3v) is 6.66. The van der Waals surface area contributed by atoms with Crippen molar-refractivity contribution < 1.29 is 24.3 Å². The maximum atomic E-state index is 12.8. The van der Waals surface area contributed by atoms with Gasteiger partial charge in [0.1, 0.15) is 29.9 Å². The second kappa shape index (κ2) is 9.38. The second-order valence-electron chi connectivity index (χ2n) is 6.70. The van der Waals surface area contributed by atoms with E-state index in [9.17, 15) is 19.5 Å². The number of nitrogens with two attached hydrogens (primary N) is 1. The van der Waals surface area contributed by atoms with Gasteiger partial charge in [-0.25, -0.2) is 9.78 Å². The molecule has 0 aromatic carbocycles. The van der Waals surface area contributed by atoms with Gasteiger partial charge in [0.2, 0.25) is 0 Å². The van der Waals surface area contributed by atoms with Gasteiger partial charge in [0.05, 0.1) is 11.9 Å². The maximum absolute atomic E-state index is 12.8. The van der Waals surface area contributed by atoms with Gasteiger partial charge in [0, 0.05) is 23.5 Å². The number of β-lactam (4-membered cyclic amide) rings is 1. The summed E-state index contributed by atoms with van der Waals surface area (Å²) in [5, 5.41) is 17.3. The van der Waals surface area contributed by atoms with Crippen molar-refractivity contribution in [3.63, 3.8) is 0 Å². The van der Waals surface area contributed by atoms with Gasteiger partial charge in [-0.3, -0.25) is 24.5 Å². The van der Waals surface area contributed by atoms with Crippen LogP contribution in [0.2, 0.25) is 0 Å². The van der Waals surface area contributed by atoms with Crippen LogP contribution in [0.1, 0.15) is 11.4 Å². The number of nitrogen functional groups attached to an aromatic ring is 1. The van der Waals surface area contributed by atoms with E-state index in [1.807, 2.05) is 0 Å². The molecule has 2 aromatic heterocycles. The van der Waals surface area contributed by atoms with Gasteiger partial charge in [0.15, 0.2) is 10.8 Å². The number of aromatic nitrogens is 3. The third kappa shape index (κ3) is 4.42. The van der Waals surface area contributed by atoms with Crippen molar-refractivity contribution in [2.24, 2.45) is 5.16 Å². The number of carboxylic acid groups (broad SMARTS) is 1. The lowest BCUT2D eigenvalue weighted by molar-refractivity contribution is -0.150. The summed E-state index contributed by atoms with van der Waals surface area (Å²) in [5.41, 5.74) is 6.56. The number of hydrogen-bond acceptors (Lipinski definition) is 11. The minimum atomic E-state index is -1.24. The first-order valence-electron chi connectivity index (χ1n) is 9.39. The molecular formula is C19H17N7O5S2. The molecule has 1 saturated heterocycles. The van der Waals surface area contributed by atoms with Crippen molar-refractivity contribution in [1.29, 1.82) is 0 Å². The first-order valence-corrected chi connectivity index (χ1v) is 11.3. The number of thioether (sulfide) groups is 1. The van der Waals surface area contributed by atoms with E-state index in [0.29, 0.717) is 17.0 Å². The Hall–Kier alpha value is -3.78. The highest BCUT2D eigenvalue weighted by atomic mass is 32.2. The molecule has 0 radical (unpaired) electrons. The number of nitrogens with one attached hydrogen (secondary N) is 1. The average molecular weight is 488 g/mol. The van der Waals surface area contributed by atoms with E-state index in [1.165, 1.54) is 47.7 Å². The van der Waals surface area contributed by atoms with Crippen LogP contribution < -0.4 is 11.1 Å². The molecule has 2 aromatic rings. The Morgan fingerprint density at radius 1 is 1.39 bits per heavy atom. The molecule has 0 spiro atoms. The normalized spacial score (nSPS) is 20.5. The Morgan fingerprint density at radius 3 is 2.85 bits per heavy atom. The fourth-order valence-electron chi connectivity index (χ4n) is 3.26. The molecule has 0 bridgehead atoms. The molecule has 33 heavy (non-hydrogen) atoms. The lowest BCUT2D eigenvalue weighted by atomic mass is 10.0. The molecule has 2 aliphatic rings. The predicted molar refractivity (Wildman–Crippen MR) is 121 cm³/mol. The molecule has 4 rings (SSSR count). The highest BCUT2D eigenvalue weighted by Gasteiger charge is 2.54. The van der Waals surface area contributed by atoms with Gasteiger partial charge in [-0.05, 0) is 11.6 Å². The quantitative estimate of drug-likeness (QED) is 0.280. The van der Waals surface area contributed by atoms with E-state index >= 15 is 0 Å². The molecule has 2 atom stereocenters. The van der Waals surface area contributed by atoms with E-state index < -0.39 is 29.2 Å². The molecule has 0 aliphatic carbocycles. The van der Waals surface area contributed by atoms with Crippen molar-refractivity contribution >= 4 is 57.8 Å².